The molecule has 1 spiro atoms. The van der Waals surface area contributed by atoms with Gasteiger partial charge < -0.3 is 19.8 Å². The van der Waals surface area contributed by atoms with E-state index in [4.69, 9.17) is 0 Å². The molecule has 7 nitrogen and oxygen atoms in total. The van der Waals surface area contributed by atoms with Gasteiger partial charge in [0.1, 0.15) is 5.76 Å². The highest BCUT2D eigenvalue weighted by Crippen LogP contribution is 2.53. The molecule has 1 unspecified atom stereocenters. The Labute approximate surface area is 187 Å². The zero-order valence-corrected chi connectivity index (χ0v) is 18.5. The van der Waals surface area contributed by atoms with Crippen molar-refractivity contribution in [2.24, 2.45) is 0 Å². The van der Waals surface area contributed by atoms with Crippen LogP contribution in [-0.4, -0.2) is 66.2 Å². The molecule has 0 bridgehead atoms. The predicted octanol–water partition coefficient (Wildman–Crippen LogP) is 2.58. The number of Topliss-reactive ketones (excluding diaryl/α,β-unsaturated/α-hetero) is 1. The molecule has 0 saturated carbocycles. The number of nitrogens with zero attached hydrogens (tertiary/aromatic N) is 3. The van der Waals surface area contributed by atoms with E-state index in [9.17, 15) is 19.5 Å². The van der Waals surface area contributed by atoms with Gasteiger partial charge in [-0.1, -0.05) is 48.5 Å². The molecule has 2 amide bonds. The Morgan fingerprint density at radius 1 is 1.00 bits per heavy atom. The number of fused-ring (bicyclic) bond motifs is 2. The molecule has 4 rings (SSSR count). The van der Waals surface area contributed by atoms with Gasteiger partial charge in [0.15, 0.2) is 5.54 Å². The van der Waals surface area contributed by atoms with E-state index in [1.165, 1.54) is 4.90 Å². The summed E-state index contributed by atoms with van der Waals surface area (Å²) in [6.07, 6.45) is 0.578. The monoisotopic (exact) mass is 433 g/mol. The molecule has 32 heavy (non-hydrogen) atoms. The third-order valence-electron chi connectivity index (χ3n) is 6.16. The summed E-state index contributed by atoms with van der Waals surface area (Å²) in [4.78, 5) is 45.5. The van der Waals surface area contributed by atoms with Crippen LogP contribution in [0.3, 0.4) is 0 Å². The number of rotatable bonds is 6. The van der Waals surface area contributed by atoms with Gasteiger partial charge in [0.2, 0.25) is 0 Å². The first-order chi connectivity index (χ1) is 15.4. The summed E-state index contributed by atoms with van der Waals surface area (Å²) < 4.78 is 0. The molecule has 2 aliphatic rings. The average molecular weight is 434 g/mol. The van der Waals surface area contributed by atoms with Gasteiger partial charge in [0.25, 0.3) is 17.6 Å². The van der Waals surface area contributed by atoms with Gasteiger partial charge >= 0.3 is 0 Å². The molecule has 2 aromatic carbocycles. The minimum atomic E-state index is -1.67. The van der Waals surface area contributed by atoms with E-state index in [-0.39, 0.29) is 23.8 Å². The van der Waals surface area contributed by atoms with E-state index >= 15 is 0 Å². The van der Waals surface area contributed by atoms with Crippen molar-refractivity contribution < 1.29 is 19.5 Å². The number of aliphatic hydroxyl groups excluding tert-OH is 1. The van der Waals surface area contributed by atoms with Crippen molar-refractivity contribution in [3.63, 3.8) is 0 Å². The number of amides is 2. The van der Waals surface area contributed by atoms with E-state index in [0.29, 0.717) is 36.3 Å². The van der Waals surface area contributed by atoms with Crippen LogP contribution < -0.4 is 4.90 Å². The number of ketones is 1. The summed E-state index contributed by atoms with van der Waals surface area (Å²) in [5.41, 5.74) is -0.246. The van der Waals surface area contributed by atoms with E-state index in [0.717, 1.165) is 0 Å². The zero-order valence-electron chi connectivity index (χ0n) is 18.5. The van der Waals surface area contributed by atoms with Gasteiger partial charge in [0.05, 0.1) is 11.3 Å². The molecular formula is C25H27N3O4. The first-order valence-electron chi connectivity index (χ1n) is 10.8. The minimum Gasteiger partial charge on any atom is -0.507 e. The van der Waals surface area contributed by atoms with Crippen molar-refractivity contribution in [2.75, 3.05) is 38.6 Å². The normalized spacial score (nSPS) is 21.8. The highest BCUT2D eigenvalue weighted by molar-refractivity contribution is 6.50. The Bertz CT molecular complexity index is 1110. The van der Waals surface area contributed by atoms with Gasteiger partial charge in [-0.15, -0.1) is 0 Å². The van der Waals surface area contributed by atoms with Crippen LogP contribution in [0.4, 0.5) is 5.69 Å². The van der Waals surface area contributed by atoms with Gasteiger partial charge in [-0.3, -0.25) is 14.4 Å². The lowest BCUT2D eigenvalue weighted by Gasteiger charge is -2.34. The van der Waals surface area contributed by atoms with Crippen molar-refractivity contribution >= 4 is 29.0 Å². The number of carbonyl (C=O) groups is 3. The number of hydrogen-bond donors (Lipinski definition) is 1. The smallest absolute Gasteiger partial charge is 0.296 e. The fourth-order valence-electron chi connectivity index (χ4n) is 4.77. The lowest BCUT2D eigenvalue weighted by atomic mass is 9.82. The molecule has 1 fully saturated rings. The summed E-state index contributed by atoms with van der Waals surface area (Å²) in [5.74, 6) is -2.32. The number of aliphatic hydroxyl groups is 1. The van der Waals surface area contributed by atoms with E-state index < -0.39 is 17.2 Å². The van der Waals surface area contributed by atoms with Gasteiger partial charge in [0, 0.05) is 24.2 Å². The molecule has 1 atom stereocenters. The molecule has 166 valence electrons. The predicted molar refractivity (Wildman–Crippen MR) is 122 cm³/mol. The Kier molecular flexibility index (Phi) is 5.60. The van der Waals surface area contributed by atoms with Gasteiger partial charge in [-0.05, 0) is 40.1 Å². The topological polar surface area (TPSA) is 81.2 Å². The molecule has 0 aromatic heterocycles. The first-order valence-corrected chi connectivity index (χ1v) is 10.8. The fraction of sp³-hybridized carbons (Fsp3) is 0.320. The molecule has 7 heteroatoms. The number of likely N-dealkylation sites (tertiary alicyclic amines) is 1. The Hall–Kier alpha value is -3.45. The molecule has 0 aliphatic carbocycles. The lowest BCUT2D eigenvalue weighted by molar-refractivity contribution is -0.143. The summed E-state index contributed by atoms with van der Waals surface area (Å²) in [7, 11) is 3.85. The number of carbonyl (C=O) groups excluding carboxylic acids is 3. The molecule has 1 saturated heterocycles. The summed E-state index contributed by atoms with van der Waals surface area (Å²) >= 11 is 0. The van der Waals surface area contributed by atoms with Gasteiger partial charge in [-0.2, -0.15) is 0 Å². The van der Waals surface area contributed by atoms with Crippen LogP contribution in [-0.2, 0) is 19.9 Å². The van der Waals surface area contributed by atoms with Crippen molar-refractivity contribution in [3.8, 4) is 0 Å². The van der Waals surface area contributed by atoms with E-state index in [1.807, 2.05) is 38.1 Å². The van der Waals surface area contributed by atoms with Crippen LogP contribution >= 0.6 is 0 Å². The van der Waals surface area contributed by atoms with Crippen molar-refractivity contribution in [1.29, 1.82) is 0 Å². The minimum absolute atomic E-state index is 0.160. The van der Waals surface area contributed by atoms with Crippen molar-refractivity contribution in [2.45, 2.75) is 18.9 Å². The van der Waals surface area contributed by atoms with Gasteiger partial charge in [-0.25, -0.2) is 0 Å². The third-order valence-corrected chi connectivity index (χ3v) is 6.16. The van der Waals surface area contributed by atoms with E-state index in [1.54, 1.807) is 47.4 Å². The third kappa shape index (κ3) is 3.04. The zero-order chi connectivity index (χ0) is 23.0. The largest absolute Gasteiger partial charge is 0.507 e. The fourth-order valence-corrected chi connectivity index (χ4v) is 4.77. The number of anilines is 1. The van der Waals surface area contributed by atoms with Crippen molar-refractivity contribution in [1.82, 2.24) is 9.80 Å². The maximum atomic E-state index is 14.0. The van der Waals surface area contributed by atoms with Crippen molar-refractivity contribution in [3.05, 3.63) is 71.3 Å². The lowest BCUT2D eigenvalue weighted by Crippen LogP contribution is -2.52. The SMILES string of the molecule is CCN1C(=O)C2(/C(=C(\O)c3ccccc3)C(=O)C(=O)N2CCCN(C)C)c2ccccc21. The molecule has 2 heterocycles. The summed E-state index contributed by atoms with van der Waals surface area (Å²) in [5, 5.41) is 11.3. The summed E-state index contributed by atoms with van der Waals surface area (Å²) in [6.45, 7) is 3.13. The van der Waals surface area contributed by atoms with Crippen LogP contribution in [0.5, 0.6) is 0 Å². The maximum absolute atomic E-state index is 14.0. The standard InChI is InChI=1S/C25H27N3O4/c1-4-27-19-14-9-8-13-18(19)25(24(27)32)20(21(29)17-11-6-5-7-12-17)22(30)23(31)28(25)16-10-15-26(2)3/h5-9,11-14,29H,4,10,15-16H2,1-3H3/b21-20-. The Morgan fingerprint density at radius 2 is 1.66 bits per heavy atom. The Balaban J connectivity index is 2.00. The number of hydrogen-bond acceptors (Lipinski definition) is 5. The molecule has 2 aliphatic heterocycles. The van der Waals surface area contributed by atoms with Crippen LogP contribution in [0.2, 0.25) is 0 Å². The van der Waals surface area contributed by atoms with Crippen LogP contribution in [0, 0.1) is 0 Å². The molecule has 0 radical (unpaired) electrons. The number of likely N-dealkylation sites (N-methyl/N-ethyl adjacent to an activating group) is 1. The van der Waals surface area contributed by atoms with Crippen LogP contribution in [0.25, 0.3) is 5.76 Å². The number of benzene rings is 2. The second-order valence-corrected chi connectivity index (χ2v) is 8.31. The second kappa shape index (κ2) is 8.24. The Morgan fingerprint density at radius 3 is 2.31 bits per heavy atom. The van der Waals surface area contributed by atoms with E-state index in [2.05, 4.69) is 0 Å². The molecular weight excluding hydrogens is 406 g/mol. The highest BCUT2D eigenvalue weighted by Gasteiger charge is 2.66. The second-order valence-electron chi connectivity index (χ2n) is 8.31. The number of para-hydroxylation sites is 1. The van der Waals surface area contributed by atoms with Crippen LogP contribution in [0.15, 0.2) is 60.2 Å². The molecule has 2 aromatic rings. The summed E-state index contributed by atoms with van der Waals surface area (Å²) in [6, 6.07) is 15.8. The van der Waals surface area contributed by atoms with Crippen LogP contribution in [0.1, 0.15) is 24.5 Å². The first kappa shape index (κ1) is 21.8. The molecule has 1 N–H and O–H groups in total. The highest BCUT2D eigenvalue weighted by atomic mass is 16.3. The average Bonchev–Trinajstić information content (AvgIpc) is 3.17. The quantitative estimate of drug-likeness (QED) is 0.430. The maximum Gasteiger partial charge on any atom is 0.296 e.